The van der Waals surface area contributed by atoms with Crippen LogP contribution in [0.4, 0.5) is 4.79 Å². The second kappa shape index (κ2) is 7.83. The number of aliphatic hydroxyl groups is 1. The smallest absolute Gasteiger partial charge is 0.317 e. The number of hydrogen-bond donors (Lipinski definition) is 2. The van der Waals surface area contributed by atoms with E-state index in [9.17, 15) is 4.79 Å². The van der Waals surface area contributed by atoms with Gasteiger partial charge in [0.05, 0.1) is 0 Å². The fourth-order valence-corrected chi connectivity index (χ4v) is 3.68. The summed E-state index contributed by atoms with van der Waals surface area (Å²) in [7, 11) is 0. The van der Waals surface area contributed by atoms with Gasteiger partial charge in [0.15, 0.2) is 0 Å². The van der Waals surface area contributed by atoms with Crippen LogP contribution < -0.4 is 5.32 Å². The molecule has 120 valence electrons. The molecule has 2 N–H and O–H groups in total. The highest BCUT2D eigenvalue weighted by Crippen LogP contribution is 2.32. The Morgan fingerprint density at radius 3 is 2.43 bits per heavy atom. The summed E-state index contributed by atoms with van der Waals surface area (Å²) in [4.78, 5) is 14.3. The van der Waals surface area contributed by atoms with Crippen molar-refractivity contribution in [1.29, 1.82) is 0 Å². The molecule has 0 bridgehead atoms. The first-order chi connectivity index (χ1) is 10.1. The van der Waals surface area contributed by atoms with Crippen molar-refractivity contribution in [3.8, 4) is 0 Å². The molecule has 0 aromatic rings. The van der Waals surface area contributed by atoms with Crippen molar-refractivity contribution in [1.82, 2.24) is 10.2 Å². The van der Waals surface area contributed by atoms with Gasteiger partial charge in [-0.1, -0.05) is 26.0 Å². The number of likely N-dealkylation sites (tertiary alicyclic amines) is 1. The summed E-state index contributed by atoms with van der Waals surface area (Å²) in [6.07, 6.45) is 8.57. The zero-order chi connectivity index (χ0) is 15.2. The van der Waals surface area contributed by atoms with Gasteiger partial charge < -0.3 is 15.3 Å². The minimum absolute atomic E-state index is 0.0797. The average molecular weight is 294 g/mol. The van der Waals surface area contributed by atoms with E-state index in [0.29, 0.717) is 30.2 Å². The molecule has 2 aliphatic rings. The molecule has 0 saturated carbocycles. The molecular weight excluding hydrogens is 264 g/mol. The number of hydrogen-bond acceptors (Lipinski definition) is 2. The molecule has 21 heavy (non-hydrogen) atoms. The lowest BCUT2D eigenvalue weighted by Crippen LogP contribution is -2.41. The summed E-state index contributed by atoms with van der Waals surface area (Å²) in [5.41, 5.74) is 0. The van der Waals surface area contributed by atoms with Crippen LogP contribution in [-0.2, 0) is 0 Å². The van der Waals surface area contributed by atoms with Gasteiger partial charge in [0.25, 0.3) is 0 Å². The molecule has 0 aromatic carbocycles. The molecule has 1 aliphatic heterocycles. The Morgan fingerprint density at radius 1 is 1.29 bits per heavy atom. The van der Waals surface area contributed by atoms with Crippen LogP contribution in [0.3, 0.4) is 0 Å². The summed E-state index contributed by atoms with van der Waals surface area (Å²) >= 11 is 0. The Bertz CT molecular complexity index is 352. The second-order valence-corrected chi connectivity index (χ2v) is 7.06. The predicted molar refractivity (Wildman–Crippen MR) is 85.0 cm³/mol. The number of allylic oxidation sites excluding steroid dienone is 2. The first-order valence-electron chi connectivity index (χ1n) is 8.38. The monoisotopic (exact) mass is 294 g/mol. The molecule has 0 unspecified atom stereocenters. The molecule has 3 atom stereocenters. The number of fused-ring (bicyclic) bond motifs is 1. The molecule has 1 aliphatic carbocycles. The molecule has 0 spiro atoms. The van der Waals surface area contributed by atoms with Gasteiger partial charge in [0.1, 0.15) is 0 Å². The standard InChI is InChI=1S/C17H30N2O2/c1-13(2)9-14(7-8-20)10-18-17(21)19-11-15-5-3-4-6-16(15)12-19/h3-4,13-16,20H,5-12H2,1-2H3,(H,18,21)/t14-,15-,16+/m1/s1. The molecule has 4 heteroatoms. The summed E-state index contributed by atoms with van der Waals surface area (Å²) < 4.78 is 0. The highest BCUT2D eigenvalue weighted by molar-refractivity contribution is 5.74. The van der Waals surface area contributed by atoms with Gasteiger partial charge >= 0.3 is 6.03 Å². The van der Waals surface area contributed by atoms with E-state index in [1.807, 2.05) is 4.90 Å². The third-order valence-electron chi connectivity index (χ3n) is 4.79. The van der Waals surface area contributed by atoms with Gasteiger partial charge in [-0.2, -0.15) is 0 Å². The lowest BCUT2D eigenvalue weighted by molar-refractivity contribution is 0.198. The van der Waals surface area contributed by atoms with Crippen LogP contribution in [0.5, 0.6) is 0 Å². The number of nitrogens with one attached hydrogen (secondary N) is 1. The van der Waals surface area contributed by atoms with Crippen molar-refractivity contribution in [3.05, 3.63) is 12.2 Å². The zero-order valence-electron chi connectivity index (χ0n) is 13.4. The largest absolute Gasteiger partial charge is 0.396 e. The molecule has 2 rings (SSSR count). The van der Waals surface area contributed by atoms with Gasteiger partial charge in [0, 0.05) is 26.2 Å². The van der Waals surface area contributed by atoms with Crippen molar-refractivity contribution >= 4 is 6.03 Å². The van der Waals surface area contributed by atoms with E-state index in [-0.39, 0.29) is 12.6 Å². The maximum atomic E-state index is 12.3. The summed E-state index contributed by atoms with van der Waals surface area (Å²) in [5.74, 6) is 2.29. The third kappa shape index (κ3) is 4.73. The molecule has 1 saturated heterocycles. The van der Waals surface area contributed by atoms with Crippen LogP contribution in [0.25, 0.3) is 0 Å². The average Bonchev–Trinajstić information content (AvgIpc) is 2.88. The van der Waals surface area contributed by atoms with Crippen molar-refractivity contribution < 1.29 is 9.90 Å². The number of amides is 2. The van der Waals surface area contributed by atoms with E-state index in [0.717, 1.165) is 38.8 Å². The lowest BCUT2D eigenvalue weighted by atomic mass is 9.86. The normalized spacial score (nSPS) is 26.0. The minimum atomic E-state index is 0.0797. The van der Waals surface area contributed by atoms with Crippen LogP contribution in [0.15, 0.2) is 12.2 Å². The van der Waals surface area contributed by atoms with Crippen LogP contribution in [0.1, 0.15) is 39.5 Å². The third-order valence-corrected chi connectivity index (χ3v) is 4.79. The van der Waals surface area contributed by atoms with Crippen molar-refractivity contribution in [2.45, 2.75) is 39.5 Å². The fraction of sp³-hybridized carbons (Fsp3) is 0.824. The molecular formula is C17H30N2O2. The molecule has 1 heterocycles. The summed E-state index contributed by atoms with van der Waals surface area (Å²) in [6.45, 7) is 7.05. The SMILES string of the molecule is CC(C)C[C@@H](CCO)CNC(=O)N1C[C@H]2CC=CC[C@H]2C1. The van der Waals surface area contributed by atoms with E-state index in [1.54, 1.807) is 0 Å². The lowest BCUT2D eigenvalue weighted by Gasteiger charge is -2.22. The number of aliphatic hydroxyl groups excluding tert-OH is 1. The Morgan fingerprint density at radius 2 is 1.90 bits per heavy atom. The maximum absolute atomic E-state index is 12.3. The van der Waals surface area contributed by atoms with Crippen LogP contribution in [0.2, 0.25) is 0 Å². The molecule has 0 aromatic heterocycles. The fourth-order valence-electron chi connectivity index (χ4n) is 3.68. The summed E-state index contributed by atoms with van der Waals surface area (Å²) in [5, 5.41) is 12.2. The topological polar surface area (TPSA) is 52.6 Å². The molecule has 2 amide bonds. The maximum Gasteiger partial charge on any atom is 0.317 e. The first kappa shape index (κ1) is 16.3. The minimum Gasteiger partial charge on any atom is -0.396 e. The van der Waals surface area contributed by atoms with E-state index >= 15 is 0 Å². The van der Waals surface area contributed by atoms with E-state index in [2.05, 4.69) is 31.3 Å². The van der Waals surface area contributed by atoms with Gasteiger partial charge in [-0.05, 0) is 49.4 Å². The predicted octanol–water partition coefficient (Wildman–Crippen LogP) is 2.64. The van der Waals surface area contributed by atoms with Gasteiger partial charge in [-0.25, -0.2) is 4.79 Å². The second-order valence-electron chi connectivity index (χ2n) is 7.06. The van der Waals surface area contributed by atoms with Crippen molar-refractivity contribution in [2.75, 3.05) is 26.2 Å². The number of rotatable bonds is 6. The van der Waals surface area contributed by atoms with E-state index in [4.69, 9.17) is 5.11 Å². The first-order valence-corrected chi connectivity index (χ1v) is 8.38. The Kier molecular flexibility index (Phi) is 6.09. The molecule has 1 fully saturated rings. The van der Waals surface area contributed by atoms with Crippen molar-refractivity contribution in [2.24, 2.45) is 23.7 Å². The van der Waals surface area contributed by atoms with Crippen LogP contribution in [0, 0.1) is 23.7 Å². The quantitative estimate of drug-likeness (QED) is 0.740. The summed E-state index contributed by atoms with van der Waals surface area (Å²) in [6, 6.07) is 0.0797. The van der Waals surface area contributed by atoms with Gasteiger partial charge in [0.2, 0.25) is 0 Å². The highest BCUT2D eigenvalue weighted by atomic mass is 16.3. The Labute approximate surface area is 128 Å². The Hall–Kier alpha value is -1.03. The number of urea groups is 1. The van der Waals surface area contributed by atoms with E-state index < -0.39 is 0 Å². The van der Waals surface area contributed by atoms with E-state index in [1.165, 1.54) is 0 Å². The van der Waals surface area contributed by atoms with Gasteiger partial charge in [-0.3, -0.25) is 0 Å². The van der Waals surface area contributed by atoms with Crippen LogP contribution in [-0.4, -0.2) is 42.3 Å². The highest BCUT2D eigenvalue weighted by Gasteiger charge is 2.35. The number of carbonyl (C=O) groups is 1. The van der Waals surface area contributed by atoms with Crippen LogP contribution >= 0.6 is 0 Å². The van der Waals surface area contributed by atoms with Crippen molar-refractivity contribution in [3.63, 3.8) is 0 Å². The molecule has 0 radical (unpaired) electrons. The zero-order valence-corrected chi connectivity index (χ0v) is 13.4. The number of nitrogens with zero attached hydrogens (tertiary/aromatic N) is 1. The van der Waals surface area contributed by atoms with Gasteiger partial charge in [-0.15, -0.1) is 0 Å². The molecule has 4 nitrogen and oxygen atoms in total. The number of carbonyl (C=O) groups excluding carboxylic acids is 1. The Balaban J connectivity index is 1.76.